The molecule has 1 amide bonds. The standard InChI is InChI=1S/C15H13Cl2NO4S/c1-2-23(21,22)10-4-6-14(19)13(8-10)18-15(20)9-3-5-11(16)12(17)7-9/h3-8,19H,2H2,1H3,(H,18,20). The molecule has 0 aliphatic carbocycles. The van der Waals surface area contributed by atoms with E-state index >= 15 is 0 Å². The molecule has 8 heteroatoms. The van der Waals surface area contributed by atoms with E-state index in [-0.39, 0.29) is 32.7 Å². The fourth-order valence-corrected chi connectivity index (χ4v) is 3.01. The van der Waals surface area contributed by atoms with E-state index in [1.54, 1.807) is 0 Å². The number of carbonyl (C=O) groups excluding carboxylic acids is 1. The van der Waals surface area contributed by atoms with Crippen molar-refractivity contribution in [3.8, 4) is 5.75 Å². The summed E-state index contributed by atoms with van der Waals surface area (Å²) in [5.74, 6) is -0.879. The Morgan fingerprint density at radius 1 is 1.13 bits per heavy atom. The van der Waals surface area contributed by atoms with Crippen LogP contribution in [0.25, 0.3) is 0 Å². The Morgan fingerprint density at radius 3 is 2.43 bits per heavy atom. The molecule has 0 saturated carbocycles. The second-order valence-electron chi connectivity index (χ2n) is 4.67. The van der Waals surface area contributed by atoms with Crippen LogP contribution in [-0.4, -0.2) is 25.2 Å². The lowest BCUT2D eigenvalue weighted by Crippen LogP contribution is -2.13. The summed E-state index contributed by atoms with van der Waals surface area (Å²) in [6.45, 7) is 1.51. The van der Waals surface area contributed by atoms with Gasteiger partial charge in [-0.15, -0.1) is 0 Å². The number of hydrogen-bond donors (Lipinski definition) is 2. The predicted molar refractivity (Wildman–Crippen MR) is 90.2 cm³/mol. The number of anilines is 1. The summed E-state index contributed by atoms with van der Waals surface area (Å²) < 4.78 is 23.8. The van der Waals surface area contributed by atoms with E-state index in [1.165, 1.54) is 43.3 Å². The number of sulfone groups is 1. The van der Waals surface area contributed by atoms with Crippen LogP contribution in [0.5, 0.6) is 5.75 Å². The number of rotatable bonds is 4. The summed E-state index contributed by atoms with van der Waals surface area (Å²) in [6.07, 6.45) is 0. The van der Waals surface area contributed by atoms with Gasteiger partial charge in [-0.1, -0.05) is 30.1 Å². The number of hydrogen-bond acceptors (Lipinski definition) is 4. The lowest BCUT2D eigenvalue weighted by Gasteiger charge is -2.10. The van der Waals surface area contributed by atoms with Crippen molar-refractivity contribution in [1.29, 1.82) is 0 Å². The monoisotopic (exact) mass is 373 g/mol. The zero-order valence-electron chi connectivity index (χ0n) is 12.0. The Bertz CT molecular complexity index is 866. The third kappa shape index (κ3) is 3.96. The molecule has 0 radical (unpaired) electrons. The van der Waals surface area contributed by atoms with Crippen molar-refractivity contribution in [3.63, 3.8) is 0 Å². The van der Waals surface area contributed by atoms with Crippen molar-refractivity contribution >= 4 is 44.6 Å². The Balaban J connectivity index is 2.34. The van der Waals surface area contributed by atoms with Crippen LogP contribution < -0.4 is 5.32 Å². The topological polar surface area (TPSA) is 83.5 Å². The van der Waals surface area contributed by atoms with E-state index in [2.05, 4.69) is 5.32 Å². The Labute approximate surface area is 143 Å². The molecule has 0 bridgehead atoms. The number of phenolic OH excluding ortho intramolecular Hbond substituents is 1. The molecule has 122 valence electrons. The highest BCUT2D eigenvalue weighted by atomic mass is 35.5. The van der Waals surface area contributed by atoms with Gasteiger partial charge in [-0.2, -0.15) is 0 Å². The summed E-state index contributed by atoms with van der Waals surface area (Å²) >= 11 is 11.6. The Kier molecular flexibility index (Phi) is 5.19. The summed E-state index contributed by atoms with van der Waals surface area (Å²) in [6, 6.07) is 8.02. The van der Waals surface area contributed by atoms with E-state index in [1.807, 2.05) is 0 Å². The first-order chi connectivity index (χ1) is 10.7. The van der Waals surface area contributed by atoms with Gasteiger partial charge in [-0.3, -0.25) is 4.79 Å². The zero-order valence-corrected chi connectivity index (χ0v) is 14.3. The molecule has 2 rings (SSSR count). The lowest BCUT2D eigenvalue weighted by atomic mass is 10.2. The molecule has 0 saturated heterocycles. The zero-order chi connectivity index (χ0) is 17.2. The third-order valence-corrected chi connectivity index (χ3v) is 5.61. The Hall–Kier alpha value is -1.76. The highest BCUT2D eigenvalue weighted by molar-refractivity contribution is 7.91. The van der Waals surface area contributed by atoms with Crippen molar-refractivity contribution < 1.29 is 18.3 Å². The van der Waals surface area contributed by atoms with Crippen LogP contribution in [0.2, 0.25) is 10.0 Å². The molecule has 0 aliphatic heterocycles. The highest BCUT2D eigenvalue weighted by Gasteiger charge is 2.16. The first kappa shape index (κ1) is 17.6. The fraction of sp³-hybridized carbons (Fsp3) is 0.133. The minimum absolute atomic E-state index is 0.00408. The SMILES string of the molecule is CCS(=O)(=O)c1ccc(O)c(NC(=O)c2ccc(Cl)c(Cl)c2)c1. The average molecular weight is 374 g/mol. The molecule has 0 heterocycles. The van der Waals surface area contributed by atoms with E-state index in [4.69, 9.17) is 23.2 Å². The van der Waals surface area contributed by atoms with E-state index in [9.17, 15) is 18.3 Å². The molecule has 23 heavy (non-hydrogen) atoms. The predicted octanol–water partition coefficient (Wildman–Crippen LogP) is 3.74. The number of benzene rings is 2. The minimum Gasteiger partial charge on any atom is -0.506 e. The summed E-state index contributed by atoms with van der Waals surface area (Å²) in [5, 5.41) is 12.8. The van der Waals surface area contributed by atoms with Crippen molar-refractivity contribution in [2.45, 2.75) is 11.8 Å². The van der Waals surface area contributed by atoms with Gasteiger partial charge in [0, 0.05) is 5.56 Å². The summed E-state index contributed by atoms with van der Waals surface area (Å²) in [7, 11) is -3.45. The first-order valence-electron chi connectivity index (χ1n) is 6.57. The normalized spacial score (nSPS) is 11.3. The van der Waals surface area contributed by atoms with Crippen LogP contribution in [0.1, 0.15) is 17.3 Å². The molecule has 2 N–H and O–H groups in total. The fourth-order valence-electron chi connectivity index (χ4n) is 1.81. The maximum atomic E-state index is 12.2. The minimum atomic E-state index is -3.45. The maximum absolute atomic E-state index is 12.2. The van der Waals surface area contributed by atoms with Crippen molar-refractivity contribution in [3.05, 3.63) is 52.0 Å². The second-order valence-corrected chi connectivity index (χ2v) is 7.76. The van der Waals surface area contributed by atoms with Crippen LogP contribution in [0.15, 0.2) is 41.3 Å². The van der Waals surface area contributed by atoms with Gasteiger partial charge >= 0.3 is 0 Å². The number of halogens is 2. The first-order valence-corrected chi connectivity index (χ1v) is 8.97. The largest absolute Gasteiger partial charge is 0.506 e. The van der Waals surface area contributed by atoms with Crippen LogP contribution in [0.4, 0.5) is 5.69 Å². The van der Waals surface area contributed by atoms with E-state index < -0.39 is 15.7 Å². The van der Waals surface area contributed by atoms with Gasteiger partial charge in [0.2, 0.25) is 0 Å². The Morgan fingerprint density at radius 2 is 1.83 bits per heavy atom. The van der Waals surface area contributed by atoms with E-state index in [0.29, 0.717) is 5.02 Å². The number of carbonyl (C=O) groups is 1. The quantitative estimate of drug-likeness (QED) is 0.799. The van der Waals surface area contributed by atoms with Gasteiger partial charge in [0.15, 0.2) is 9.84 Å². The molecular weight excluding hydrogens is 361 g/mol. The summed E-state index contributed by atoms with van der Waals surface area (Å²) in [4.78, 5) is 12.2. The lowest BCUT2D eigenvalue weighted by molar-refractivity contribution is 0.102. The van der Waals surface area contributed by atoms with Crippen LogP contribution in [0, 0.1) is 0 Å². The van der Waals surface area contributed by atoms with Crippen LogP contribution in [0.3, 0.4) is 0 Å². The van der Waals surface area contributed by atoms with Gasteiger partial charge in [-0.05, 0) is 36.4 Å². The van der Waals surface area contributed by atoms with Gasteiger partial charge in [0.1, 0.15) is 5.75 Å². The third-order valence-electron chi connectivity index (χ3n) is 3.14. The van der Waals surface area contributed by atoms with Crippen LogP contribution >= 0.6 is 23.2 Å². The van der Waals surface area contributed by atoms with Crippen molar-refractivity contribution in [2.75, 3.05) is 11.1 Å². The van der Waals surface area contributed by atoms with Gasteiger partial charge in [0.25, 0.3) is 5.91 Å². The molecule has 0 fully saturated rings. The maximum Gasteiger partial charge on any atom is 0.255 e. The highest BCUT2D eigenvalue weighted by Crippen LogP contribution is 2.28. The van der Waals surface area contributed by atoms with Crippen molar-refractivity contribution in [2.24, 2.45) is 0 Å². The molecule has 2 aromatic rings. The number of phenols is 1. The van der Waals surface area contributed by atoms with E-state index in [0.717, 1.165) is 0 Å². The number of amides is 1. The van der Waals surface area contributed by atoms with Crippen molar-refractivity contribution in [1.82, 2.24) is 0 Å². The molecule has 2 aromatic carbocycles. The number of nitrogens with one attached hydrogen (secondary N) is 1. The molecule has 0 spiro atoms. The van der Waals surface area contributed by atoms with Gasteiger partial charge in [-0.25, -0.2) is 8.42 Å². The molecule has 0 unspecified atom stereocenters. The molecular formula is C15H13Cl2NO4S. The molecule has 0 aromatic heterocycles. The molecule has 5 nitrogen and oxygen atoms in total. The van der Waals surface area contributed by atoms with Gasteiger partial charge < -0.3 is 10.4 Å². The smallest absolute Gasteiger partial charge is 0.255 e. The van der Waals surface area contributed by atoms with Crippen LogP contribution in [-0.2, 0) is 9.84 Å². The summed E-state index contributed by atoms with van der Waals surface area (Å²) in [5.41, 5.74) is 0.221. The average Bonchev–Trinajstić information content (AvgIpc) is 2.51. The molecule has 0 aliphatic rings. The molecule has 0 atom stereocenters. The van der Waals surface area contributed by atoms with Gasteiger partial charge in [0.05, 0.1) is 26.4 Å². The number of aromatic hydroxyl groups is 1. The second kappa shape index (κ2) is 6.78.